The molecule has 1 aromatic rings. The highest BCUT2D eigenvalue weighted by molar-refractivity contribution is 5.29. The van der Waals surface area contributed by atoms with Crippen LogP contribution >= 0.6 is 0 Å². The zero-order chi connectivity index (χ0) is 12.2. The molecular formula is C15H25N. The molecule has 0 amide bonds. The monoisotopic (exact) mass is 219 g/mol. The van der Waals surface area contributed by atoms with Gasteiger partial charge in [-0.2, -0.15) is 0 Å². The number of nitrogens with one attached hydrogen (secondary N) is 1. The number of hydrogen-bond donors (Lipinski definition) is 1. The van der Waals surface area contributed by atoms with Crippen LogP contribution in [0.4, 0.5) is 0 Å². The Hall–Kier alpha value is -0.820. The zero-order valence-electron chi connectivity index (χ0n) is 11.3. The van der Waals surface area contributed by atoms with Crippen molar-refractivity contribution in [3.8, 4) is 0 Å². The highest BCUT2D eigenvalue weighted by atomic mass is 14.8. The second kappa shape index (κ2) is 5.49. The lowest BCUT2D eigenvalue weighted by molar-refractivity contribution is 0.372. The van der Waals surface area contributed by atoms with E-state index in [0.29, 0.717) is 5.92 Å². The van der Waals surface area contributed by atoms with Crippen LogP contribution in [0.3, 0.4) is 0 Å². The van der Waals surface area contributed by atoms with Gasteiger partial charge in [0.05, 0.1) is 0 Å². The summed E-state index contributed by atoms with van der Waals surface area (Å²) in [7, 11) is 0. The fourth-order valence-electron chi connectivity index (χ4n) is 1.68. The van der Waals surface area contributed by atoms with E-state index >= 15 is 0 Å². The fourth-order valence-corrected chi connectivity index (χ4v) is 1.68. The Labute approximate surface area is 100 Å². The molecule has 0 aliphatic rings. The van der Waals surface area contributed by atoms with Gasteiger partial charge in [-0.05, 0) is 29.0 Å². The summed E-state index contributed by atoms with van der Waals surface area (Å²) in [6.07, 6.45) is 0. The van der Waals surface area contributed by atoms with Gasteiger partial charge in [0.15, 0.2) is 0 Å². The predicted octanol–water partition coefficient (Wildman–Crippen LogP) is 3.73. The van der Waals surface area contributed by atoms with Crippen molar-refractivity contribution in [2.24, 2.45) is 5.92 Å². The Bertz CT molecular complexity index is 326. The number of hydrogen-bond acceptors (Lipinski definition) is 1. The molecule has 1 aromatic carbocycles. The number of rotatable bonds is 5. The second-order valence-corrected chi connectivity index (χ2v) is 5.36. The maximum absolute atomic E-state index is 3.37. The van der Waals surface area contributed by atoms with Gasteiger partial charge in [0.25, 0.3) is 0 Å². The molecule has 1 rings (SSSR count). The van der Waals surface area contributed by atoms with Gasteiger partial charge in [-0.1, -0.05) is 58.9 Å². The summed E-state index contributed by atoms with van der Waals surface area (Å²) in [5, 5.41) is 3.37. The largest absolute Gasteiger partial charge is 0.313 e. The third-order valence-corrected chi connectivity index (χ3v) is 3.69. The average Bonchev–Trinajstić information content (AvgIpc) is 2.26. The summed E-state index contributed by atoms with van der Waals surface area (Å²) in [6, 6.07) is 8.95. The minimum Gasteiger partial charge on any atom is -0.313 e. The lowest BCUT2D eigenvalue weighted by atomic mass is 9.75. The highest BCUT2D eigenvalue weighted by Crippen LogP contribution is 2.31. The van der Waals surface area contributed by atoms with Crippen LogP contribution in [-0.4, -0.2) is 6.54 Å². The Morgan fingerprint density at radius 1 is 1.25 bits per heavy atom. The zero-order valence-corrected chi connectivity index (χ0v) is 11.3. The molecular weight excluding hydrogens is 194 g/mol. The fraction of sp³-hybridized carbons (Fsp3) is 0.600. The van der Waals surface area contributed by atoms with E-state index in [0.717, 1.165) is 13.1 Å². The van der Waals surface area contributed by atoms with Gasteiger partial charge >= 0.3 is 0 Å². The SMILES string of the molecule is CCNCc1cccc(C(C)(C)C(C)C)c1. The summed E-state index contributed by atoms with van der Waals surface area (Å²) in [5.74, 6) is 0.655. The van der Waals surface area contributed by atoms with Crippen LogP contribution in [0, 0.1) is 5.92 Å². The van der Waals surface area contributed by atoms with Crippen LogP contribution in [-0.2, 0) is 12.0 Å². The molecule has 1 nitrogen and oxygen atoms in total. The van der Waals surface area contributed by atoms with Crippen LogP contribution in [0.15, 0.2) is 24.3 Å². The summed E-state index contributed by atoms with van der Waals surface area (Å²) in [5.41, 5.74) is 3.08. The molecule has 0 saturated carbocycles. The van der Waals surface area contributed by atoms with E-state index in [1.807, 2.05) is 0 Å². The number of benzene rings is 1. The summed E-state index contributed by atoms with van der Waals surface area (Å²) in [4.78, 5) is 0. The molecule has 0 aromatic heterocycles. The normalized spacial score (nSPS) is 12.1. The molecule has 0 saturated heterocycles. The Morgan fingerprint density at radius 2 is 1.94 bits per heavy atom. The lowest BCUT2D eigenvalue weighted by Crippen LogP contribution is -2.24. The molecule has 0 spiro atoms. The third kappa shape index (κ3) is 3.08. The van der Waals surface area contributed by atoms with Crippen molar-refractivity contribution in [2.45, 2.75) is 46.6 Å². The Balaban J connectivity index is 2.89. The quantitative estimate of drug-likeness (QED) is 0.795. The van der Waals surface area contributed by atoms with Gasteiger partial charge in [0.1, 0.15) is 0 Å². The van der Waals surface area contributed by atoms with Crippen molar-refractivity contribution >= 4 is 0 Å². The molecule has 0 fully saturated rings. The molecule has 16 heavy (non-hydrogen) atoms. The minimum absolute atomic E-state index is 0.252. The van der Waals surface area contributed by atoms with Crippen LogP contribution in [0.25, 0.3) is 0 Å². The first-order valence-corrected chi connectivity index (χ1v) is 6.28. The van der Waals surface area contributed by atoms with Crippen LogP contribution in [0.2, 0.25) is 0 Å². The van der Waals surface area contributed by atoms with E-state index in [1.54, 1.807) is 0 Å². The van der Waals surface area contributed by atoms with Crippen molar-refractivity contribution in [2.75, 3.05) is 6.54 Å². The Morgan fingerprint density at radius 3 is 2.50 bits per heavy atom. The first kappa shape index (κ1) is 13.2. The van der Waals surface area contributed by atoms with E-state index in [-0.39, 0.29) is 5.41 Å². The molecule has 0 aliphatic heterocycles. The van der Waals surface area contributed by atoms with Gasteiger partial charge < -0.3 is 5.32 Å². The molecule has 1 heteroatoms. The third-order valence-electron chi connectivity index (χ3n) is 3.69. The van der Waals surface area contributed by atoms with E-state index in [9.17, 15) is 0 Å². The maximum Gasteiger partial charge on any atom is 0.0205 e. The van der Waals surface area contributed by atoms with Crippen LogP contribution in [0.5, 0.6) is 0 Å². The summed E-state index contributed by atoms with van der Waals surface area (Å²) < 4.78 is 0. The smallest absolute Gasteiger partial charge is 0.0205 e. The van der Waals surface area contributed by atoms with Crippen molar-refractivity contribution in [3.05, 3.63) is 35.4 Å². The van der Waals surface area contributed by atoms with Gasteiger partial charge in [-0.15, -0.1) is 0 Å². The van der Waals surface area contributed by atoms with E-state index < -0.39 is 0 Å². The first-order chi connectivity index (χ1) is 7.48. The summed E-state index contributed by atoms with van der Waals surface area (Å²) in [6.45, 7) is 13.4. The molecule has 0 unspecified atom stereocenters. The predicted molar refractivity (Wildman–Crippen MR) is 71.7 cm³/mol. The van der Waals surface area contributed by atoms with Gasteiger partial charge in [-0.25, -0.2) is 0 Å². The van der Waals surface area contributed by atoms with E-state index in [4.69, 9.17) is 0 Å². The standard InChI is InChI=1S/C15H25N/c1-6-16-11-13-8-7-9-14(10-13)15(4,5)12(2)3/h7-10,12,16H,6,11H2,1-5H3. The molecule has 0 radical (unpaired) electrons. The first-order valence-electron chi connectivity index (χ1n) is 6.28. The van der Waals surface area contributed by atoms with Gasteiger partial charge in [0, 0.05) is 6.54 Å². The highest BCUT2D eigenvalue weighted by Gasteiger charge is 2.24. The molecule has 1 N–H and O–H groups in total. The van der Waals surface area contributed by atoms with Crippen LogP contribution < -0.4 is 5.32 Å². The molecule has 0 atom stereocenters. The topological polar surface area (TPSA) is 12.0 Å². The Kier molecular flexibility index (Phi) is 4.55. The van der Waals surface area contributed by atoms with Gasteiger partial charge in [-0.3, -0.25) is 0 Å². The second-order valence-electron chi connectivity index (χ2n) is 5.36. The molecule has 0 heterocycles. The van der Waals surface area contributed by atoms with Crippen LogP contribution in [0.1, 0.15) is 45.7 Å². The average molecular weight is 219 g/mol. The molecule has 0 bridgehead atoms. The molecule has 0 aliphatic carbocycles. The van der Waals surface area contributed by atoms with Crippen molar-refractivity contribution in [1.29, 1.82) is 0 Å². The van der Waals surface area contributed by atoms with Crippen molar-refractivity contribution < 1.29 is 0 Å². The van der Waals surface area contributed by atoms with E-state index in [2.05, 4.69) is 64.2 Å². The minimum atomic E-state index is 0.252. The molecule has 90 valence electrons. The van der Waals surface area contributed by atoms with Crippen molar-refractivity contribution in [1.82, 2.24) is 5.32 Å². The summed E-state index contributed by atoms with van der Waals surface area (Å²) >= 11 is 0. The lowest BCUT2D eigenvalue weighted by Gasteiger charge is -2.30. The van der Waals surface area contributed by atoms with Crippen molar-refractivity contribution in [3.63, 3.8) is 0 Å². The van der Waals surface area contributed by atoms with Gasteiger partial charge in [0.2, 0.25) is 0 Å². The van der Waals surface area contributed by atoms with E-state index in [1.165, 1.54) is 11.1 Å². The maximum atomic E-state index is 3.37.